The molecule has 0 saturated carbocycles. The van der Waals surface area contributed by atoms with Crippen LogP contribution in [0.15, 0.2) is 0 Å². The van der Waals surface area contributed by atoms with Crippen molar-refractivity contribution in [2.75, 3.05) is 6.54 Å². The van der Waals surface area contributed by atoms with Crippen LogP contribution in [0.4, 0.5) is 0 Å². The molecule has 0 aliphatic carbocycles. The first-order valence-electron chi connectivity index (χ1n) is 3.87. The van der Waals surface area contributed by atoms with Crippen molar-refractivity contribution < 1.29 is 14.7 Å². The number of nitrogens with one attached hydrogen (secondary N) is 1. The first-order valence-corrected chi connectivity index (χ1v) is 3.87. The molecule has 13 heavy (non-hydrogen) atoms. The number of hydrogen-bond donors (Lipinski definition) is 3. The molecule has 1 rings (SSSR count). The molecule has 1 saturated heterocycles. The van der Waals surface area contributed by atoms with Crippen molar-refractivity contribution in [3.8, 4) is 0 Å². The number of carboxylic acids is 1. The van der Waals surface area contributed by atoms with Crippen LogP contribution < -0.4 is 11.1 Å². The average molecular weight is 209 g/mol. The number of nitrogens with two attached hydrogens (primary N) is 1. The van der Waals surface area contributed by atoms with E-state index in [-0.39, 0.29) is 30.7 Å². The van der Waals surface area contributed by atoms with Crippen LogP contribution in [0.1, 0.15) is 12.8 Å². The molecule has 0 bridgehead atoms. The molecule has 1 unspecified atom stereocenters. The van der Waals surface area contributed by atoms with E-state index in [2.05, 4.69) is 5.32 Å². The molecule has 5 nitrogen and oxygen atoms in total. The third kappa shape index (κ3) is 3.20. The molecule has 4 N–H and O–H groups in total. The van der Waals surface area contributed by atoms with E-state index >= 15 is 0 Å². The number of rotatable bonds is 3. The summed E-state index contributed by atoms with van der Waals surface area (Å²) in [4.78, 5) is 21.3. The molecule has 0 aromatic carbocycles. The van der Waals surface area contributed by atoms with Gasteiger partial charge in [0.05, 0.1) is 0 Å². The van der Waals surface area contributed by atoms with Gasteiger partial charge in [0.15, 0.2) is 0 Å². The van der Waals surface area contributed by atoms with Crippen LogP contribution in [0.2, 0.25) is 0 Å². The summed E-state index contributed by atoms with van der Waals surface area (Å²) in [5.41, 5.74) is 5.28. The van der Waals surface area contributed by atoms with E-state index in [1.54, 1.807) is 0 Å². The van der Waals surface area contributed by atoms with Crippen LogP contribution >= 0.6 is 12.4 Å². The Morgan fingerprint density at radius 3 is 2.77 bits per heavy atom. The second-order valence-electron chi connectivity index (χ2n) is 2.96. The van der Waals surface area contributed by atoms with E-state index in [1.165, 1.54) is 0 Å². The SMILES string of the molecule is Cl.NC(C[C@@H]1CCNC1=O)C(=O)O. The van der Waals surface area contributed by atoms with Crippen LogP contribution in [0.3, 0.4) is 0 Å². The summed E-state index contributed by atoms with van der Waals surface area (Å²) in [6.07, 6.45) is 0.932. The zero-order valence-electron chi connectivity index (χ0n) is 7.03. The summed E-state index contributed by atoms with van der Waals surface area (Å²) in [6.45, 7) is 0.635. The first kappa shape index (κ1) is 12.2. The van der Waals surface area contributed by atoms with Gasteiger partial charge in [-0.15, -0.1) is 12.4 Å². The quantitative estimate of drug-likeness (QED) is 0.575. The molecule has 1 amide bonds. The highest BCUT2D eigenvalue weighted by atomic mass is 35.5. The molecule has 0 spiro atoms. The van der Waals surface area contributed by atoms with Gasteiger partial charge in [-0.2, -0.15) is 0 Å². The Kier molecular flexibility index (Phi) is 4.72. The summed E-state index contributed by atoms with van der Waals surface area (Å²) < 4.78 is 0. The molecule has 76 valence electrons. The Morgan fingerprint density at radius 2 is 2.38 bits per heavy atom. The van der Waals surface area contributed by atoms with E-state index in [9.17, 15) is 9.59 Å². The maximum Gasteiger partial charge on any atom is 0.320 e. The first-order chi connectivity index (χ1) is 5.61. The number of carbonyl (C=O) groups is 2. The molecule has 1 fully saturated rings. The van der Waals surface area contributed by atoms with E-state index in [0.717, 1.165) is 0 Å². The second-order valence-corrected chi connectivity index (χ2v) is 2.96. The highest BCUT2D eigenvalue weighted by molar-refractivity contribution is 5.85. The predicted octanol–water partition coefficient (Wildman–Crippen LogP) is -0.654. The highest BCUT2D eigenvalue weighted by Crippen LogP contribution is 2.14. The fraction of sp³-hybridized carbons (Fsp3) is 0.714. The Bertz CT molecular complexity index is 210. The minimum absolute atomic E-state index is 0. The number of hydrogen-bond acceptors (Lipinski definition) is 3. The summed E-state index contributed by atoms with van der Waals surface area (Å²) in [5.74, 6) is -1.34. The summed E-state index contributed by atoms with van der Waals surface area (Å²) in [7, 11) is 0. The number of halogens is 1. The molecule has 0 aromatic heterocycles. The Balaban J connectivity index is 0.00000144. The fourth-order valence-corrected chi connectivity index (χ4v) is 1.28. The summed E-state index contributed by atoms with van der Waals surface area (Å²) in [5, 5.41) is 11.1. The van der Waals surface area contributed by atoms with Crippen LogP contribution in [-0.2, 0) is 9.59 Å². The van der Waals surface area contributed by atoms with Crippen molar-refractivity contribution in [1.29, 1.82) is 0 Å². The normalized spacial score (nSPS) is 23.2. The van der Waals surface area contributed by atoms with Crippen molar-refractivity contribution in [3.05, 3.63) is 0 Å². The van der Waals surface area contributed by atoms with Gasteiger partial charge in [-0.3, -0.25) is 9.59 Å². The van der Waals surface area contributed by atoms with Crippen molar-refractivity contribution in [1.82, 2.24) is 5.32 Å². The van der Waals surface area contributed by atoms with Crippen molar-refractivity contribution in [2.45, 2.75) is 18.9 Å². The van der Waals surface area contributed by atoms with Crippen LogP contribution in [-0.4, -0.2) is 29.6 Å². The molecule has 0 radical (unpaired) electrons. The fourth-order valence-electron chi connectivity index (χ4n) is 1.28. The molecular weight excluding hydrogens is 196 g/mol. The average Bonchev–Trinajstić information content (AvgIpc) is 2.36. The lowest BCUT2D eigenvalue weighted by atomic mass is 9.99. The van der Waals surface area contributed by atoms with Crippen LogP contribution in [0.25, 0.3) is 0 Å². The molecule has 1 heterocycles. The van der Waals surface area contributed by atoms with Gasteiger partial charge >= 0.3 is 5.97 Å². The molecule has 0 aromatic rings. The second kappa shape index (κ2) is 5.04. The van der Waals surface area contributed by atoms with Gasteiger partial charge in [-0.25, -0.2) is 0 Å². The van der Waals surface area contributed by atoms with Gasteiger partial charge in [-0.05, 0) is 12.8 Å². The molecule has 1 aliphatic rings. The zero-order chi connectivity index (χ0) is 9.14. The zero-order valence-corrected chi connectivity index (χ0v) is 7.84. The lowest BCUT2D eigenvalue weighted by Crippen LogP contribution is -2.34. The minimum Gasteiger partial charge on any atom is -0.480 e. The molecule has 1 aliphatic heterocycles. The number of carboxylic acid groups (broad SMARTS) is 1. The maximum atomic E-state index is 11.0. The Labute approximate surface area is 82.1 Å². The monoisotopic (exact) mass is 208 g/mol. The number of carbonyl (C=O) groups excluding carboxylic acids is 1. The van der Waals surface area contributed by atoms with Gasteiger partial charge in [0.25, 0.3) is 0 Å². The third-order valence-electron chi connectivity index (χ3n) is 2.02. The van der Waals surface area contributed by atoms with Crippen molar-refractivity contribution >= 4 is 24.3 Å². The van der Waals surface area contributed by atoms with E-state index in [4.69, 9.17) is 10.8 Å². The lowest BCUT2D eigenvalue weighted by molar-refractivity contribution is -0.139. The number of aliphatic carboxylic acids is 1. The van der Waals surface area contributed by atoms with E-state index in [0.29, 0.717) is 13.0 Å². The standard InChI is InChI=1S/C7H12N2O3.ClH/c8-5(7(11)12)3-4-1-2-9-6(4)10;/h4-5H,1-3,8H2,(H,9,10)(H,11,12);1H/t4-,5?;/m0./s1. The topological polar surface area (TPSA) is 92.4 Å². The molecular formula is C7H13ClN2O3. The molecule has 2 atom stereocenters. The van der Waals surface area contributed by atoms with Gasteiger partial charge in [0.2, 0.25) is 5.91 Å². The molecule has 6 heteroatoms. The highest BCUT2D eigenvalue weighted by Gasteiger charge is 2.28. The largest absolute Gasteiger partial charge is 0.480 e. The van der Waals surface area contributed by atoms with Crippen LogP contribution in [0.5, 0.6) is 0 Å². The summed E-state index contributed by atoms with van der Waals surface area (Å²) >= 11 is 0. The smallest absolute Gasteiger partial charge is 0.320 e. The number of amides is 1. The van der Waals surface area contributed by atoms with Crippen LogP contribution in [0, 0.1) is 5.92 Å². The van der Waals surface area contributed by atoms with Gasteiger partial charge < -0.3 is 16.2 Å². The minimum atomic E-state index is -1.05. The maximum absolute atomic E-state index is 11.0. The van der Waals surface area contributed by atoms with Crippen molar-refractivity contribution in [2.24, 2.45) is 11.7 Å². The summed E-state index contributed by atoms with van der Waals surface area (Å²) in [6, 6.07) is -0.918. The Hall–Kier alpha value is -0.810. The van der Waals surface area contributed by atoms with Gasteiger partial charge in [0.1, 0.15) is 6.04 Å². The van der Waals surface area contributed by atoms with E-state index < -0.39 is 12.0 Å². The van der Waals surface area contributed by atoms with Gasteiger partial charge in [0, 0.05) is 12.5 Å². The van der Waals surface area contributed by atoms with Gasteiger partial charge in [-0.1, -0.05) is 0 Å². The lowest BCUT2D eigenvalue weighted by Gasteiger charge is -2.09. The third-order valence-corrected chi connectivity index (χ3v) is 2.02. The predicted molar refractivity (Wildman–Crippen MR) is 48.6 cm³/mol. The Morgan fingerprint density at radius 1 is 1.77 bits per heavy atom. The van der Waals surface area contributed by atoms with E-state index in [1.807, 2.05) is 0 Å². The van der Waals surface area contributed by atoms with Crippen molar-refractivity contribution in [3.63, 3.8) is 0 Å².